The fraction of sp³-hybridized carbons (Fsp3) is 1.00. The van der Waals surface area contributed by atoms with E-state index in [-0.39, 0.29) is 17.1 Å². The molecule has 0 saturated heterocycles. The van der Waals surface area contributed by atoms with Gasteiger partial charge in [0.2, 0.25) is 2.19 Å². The predicted octanol–water partition coefficient (Wildman–Crippen LogP) is 4.05. The van der Waals surface area contributed by atoms with E-state index in [0.717, 1.165) is 0 Å². The average molecular weight is 409 g/mol. The third kappa shape index (κ3) is 39.9. The van der Waals surface area contributed by atoms with Crippen molar-refractivity contribution in [3.63, 3.8) is 0 Å². The average Bonchev–Trinajstić information content (AvgIpc) is 1.66. The number of alkyl halides is 3. The number of rotatable bonds is 2. The van der Waals surface area contributed by atoms with Crippen molar-refractivity contribution in [1.82, 2.24) is 0 Å². The molecule has 0 amide bonds. The summed E-state index contributed by atoms with van der Waals surface area (Å²) in [6.45, 7) is 4.59. The van der Waals surface area contributed by atoms with Crippen LogP contribution in [0.1, 0.15) is 13.8 Å². The molecule has 0 aliphatic heterocycles. The molecule has 0 unspecified atom stereocenters. The maximum Gasteiger partial charge on any atom is 0.201 e. The molecule has 0 aromatic heterocycles. The minimum atomic E-state index is -0.727. The van der Waals surface area contributed by atoms with Crippen LogP contribution in [0.15, 0.2) is 0 Å². The van der Waals surface area contributed by atoms with Crippen LogP contribution in [0.2, 0.25) is 10.0 Å². The van der Waals surface area contributed by atoms with E-state index in [4.69, 9.17) is 0 Å². The standard InChI is InChI=1S/2C2H5.CHFI2.Zn/c2*1-2;2-1(3)4;/h2*1H2,2H3;1H;. The molecule has 0 fully saturated rings. The van der Waals surface area contributed by atoms with E-state index in [2.05, 4.69) is 13.8 Å². The molecule has 0 aliphatic rings. The van der Waals surface area contributed by atoms with Gasteiger partial charge in [-0.3, -0.25) is 0 Å². The summed E-state index contributed by atoms with van der Waals surface area (Å²) < 4.78 is 10.2. The molecule has 0 radical (unpaired) electrons. The van der Waals surface area contributed by atoms with Crippen molar-refractivity contribution in [3.05, 3.63) is 0 Å². The zero-order valence-corrected chi connectivity index (χ0v) is 13.1. The first-order valence-electron chi connectivity index (χ1n) is 3.07. The first kappa shape index (κ1) is 13.6. The molecule has 0 aromatic rings. The van der Waals surface area contributed by atoms with E-state index < -0.39 is 2.19 Å². The summed E-state index contributed by atoms with van der Waals surface area (Å²) in [6, 6.07) is 0. The quantitative estimate of drug-likeness (QED) is 0.367. The summed E-state index contributed by atoms with van der Waals surface area (Å²) >= 11 is 3.42. The second-order valence-corrected chi connectivity index (χ2v) is 11.9. The van der Waals surface area contributed by atoms with Gasteiger partial charge in [-0.05, 0) is 45.2 Å². The Labute approximate surface area is 91.6 Å². The van der Waals surface area contributed by atoms with Gasteiger partial charge in [-0.1, -0.05) is 0 Å². The molecule has 4 heteroatoms. The van der Waals surface area contributed by atoms with Gasteiger partial charge < -0.3 is 0 Å². The summed E-state index contributed by atoms with van der Waals surface area (Å²) in [5, 5.41) is 3.06. The topological polar surface area (TPSA) is 0 Å². The van der Waals surface area contributed by atoms with E-state index in [1.165, 1.54) is 10.0 Å². The van der Waals surface area contributed by atoms with Gasteiger partial charge in [-0.25, -0.2) is 4.39 Å². The van der Waals surface area contributed by atoms with E-state index >= 15 is 0 Å². The van der Waals surface area contributed by atoms with Gasteiger partial charge in [-0.2, -0.15) is 0 Å². The molecule has 0 aliphatic carbocycles. The molecular weight excluding hydrogens is 398 g/mol. The molecule has 54 valence electrons. The SMILES string of the molecule is C[CH2][Zn][CH2]C.FC(I)I. The molecule has 9 heavy (non-hydrogen) atoms. The second-order valence-electron chi connectivity index (χ2n) is 1.60. The van der Waals surface area contributed by atoms with Gasteiger partial charge >= 0.3 is 41.0 Å². The van der Waals surface area contributed by atoms with Gasteiger partial charge in [0.15, 0.2) is 0 Å². The zero-order chi connectivity index (χ0) is 7.70. The van der Waals surface area contributed by atoms with E-state index in [0.29, 0.717) is 0 Å². The van der Waals surface area contributed by atoms with Crippen LogP contribution >= 0.6 is 45.2 Å². The maximum atomic E-state index is 11.0. The van der Waals surface area contributed by atoms with E-state index in [1.807, 2.05) is 0 Å². The molecule has 0 nitrogen and oxygen atoms in total. The van der Waals surface area contributed by atoms with E-state index in [9.17, 15) is 4.39 Å². The Morgan fingerprint density at radius 2 is 1.56 bits per heavy atom. The Bertz CT molecular complexity index is 39.2. The minimum absolute atomic E-state index is 0.0972. The summed E-state index contributed by atoms with van der Waals surface area (Å²) in [6.07, 6.45) is 0. The van der Waals surface area contributed by atoms with E-state index in [1.54, 1.807) is 45.2 Å². The molecular formula is C5H11FI2Zn. The van der Waals surface area contributed by atoms with Crippen LogP contribution in [0, 0.1) is 0 Å². The normalized spacial score (nSPS) is 7.78. The molecule has 0 atom stereocenters. The first-order chi connectivity index (χ1) is 4.15. The first-order valence-corrected chi connectivity index (χ1v) is 9.76. The summed E-state index contributed by atoms with van der Waals surface area (Å²) in [4.78, 5) is 0. The fourth-order valence-electron chi connectivity index (χ4n) is 0.354. The third-order valence-electron chi connectivity index (χ3n) is 0.707. The molecule has 0 saturated carbocycles. The van der Waals surface area contributed by atoms with Crippen molar-refractivity contribution >= 4 is 45.2 Å². The molecule has 0 bridgehead atoms. The van der Waals surface area contributed by atoms with Crippen LogP contribution in [-0.2, 0) is 17.1 Å². The maximum absolute atomic E-state index is 11.0. The summed E-state index contributed by atoms with van der Waals surface area (Å²) in [5.41, 5.74) is 0. The van der Waals surface area contributed by atoms with Gasteiger partial charge in [0.05, 0.1) is 0 Å². The number of halogens is 3. The van der Waals surface area contributed by atoms with Crippen LogP contribution in [0.5, 0.6) is 0 Å². The molecule has 0 rings (SSSR count). The Hall–Kier alpha value is 2.01. The Balaban J connectivity index is 0. The summed E-state index contributed by atoms with van der Waals surface area (Å²) in [7, 11) is 0. The molecule has 0 heterocycles. The summed E-state index contributed by atoms with van der Waals surface area (Å²) in [5.74, 6) is 0. The number of hydrogen-bond acceptors (Lipinski definition) is 0. The van der Waals surface area contributed by atoms with Crippen molar-refractivity contribution in [1.29, 1.82) is 0 Å². The van der Waals surface area contributed by atoms with Crippen LogP contribution in [0.25, 0.3) is 0 Å². The number of hydrogen-bond donors (Lipinski definition) is 0. The minimum Gasteiger partial charge on any atom is -0.224 e. The van der Waals surface area contributed by atoms with Crippen molar-refractivity contribution in [2.75, 3.05) is 0 Å². The fourth-order valence-corrected chi connectivity index (χ4v) is 1.84. The second kappa shape index (κ2) is 12.7. The van der Waals surface area contributed by atoms with Crippen molar-refractivity contribution < 1.29 is 21.5 Å². The van der Waals surface area contributed by atoms with Crippen LogP contribution in [0.4, 0.5) is 4.39 Å². The van der Waals surface area contributed by atoms with Gasteiger partial charge in [0.1, 0.15) is 0 Å². The molecule has 0 spiro atoms. The van der Waals surface area contributed by atoms with Crippen molar-refractivity contribution in [3.8, 4) is 0 Å². The molecule has 0 aromatic carbocycles. The Kier molecular flexibility index (Phi) is 19.1. The third-order valence-corrected chi connectivity index (χ3v) is 3.67. The van der Waals surface area contributed by atoms with Gasteiger partial charge in [0.25, 0.3) is 0 Å². The Morgan fingerprint density at radius 1 is 1.33 bits per heavy atom. The van der Waals surface area contributed by atoms with Crippen LogP contribution in [-0.4, -0.2) is 2.19 Å². The smallest absolute Gasteiger partial charge is 0.201 e. The van der Waals surface area contributed by atoms with Gasteiger partial charge in [-0.15, -0.1) is 0 Å². The monoisotopic (exact) mass is 408 g/mol. The van der Waals surface area contributed by atoms with Crippen molar-refractivity contribution in [2.45, 2.75) is 26.1 Å². The molecule has 0 N–H and O–H groups in total. The zero-order valence-electron chi connectivity index (χ0n) is 5.83. The predicted molar refractivity (Wildman–Crippen MR) is 53.9 cm³/mol. The Morgan fingerprint density at radius 3 is 1.56 bits per heavy atom. The van der Waals surface area contributed by atoms with Gasteiger partial charge in [0, 0.05) is 0 Å². The largest absolute Gasteiger partial charge is 0.224 e. The van der Waals surface area contributed by atoms with Crippen molar-refractivity contribution in [2.24, 2.45) is 0 Å². The van der Waals surface area contributed by atoms with Crippen LogP contribution < -0.4 is 0 Å². The van der Waals surface area contributed by atoms with Crippen LogP contribution in [0.3, 0.4) is 0 Å².